The predicted molar refractivity (Wildman–Crippen MR) is 141 cm³/mol. The molecule has 0 saturated carbocycles. The van der Waals surface area contributed by atoms with E-state index in [4.69, 9.17) is 23.7 Å². The summed E-state index contributed by atoms with van der Waals surface area (Å²) in [6.45, 7) is 3.89. The largest absolute Gasteiger partial charge is 0.463 e. The fraction of sp³-hybridized carbons (Fsp3) is 0.462. The van der Waals surface area contributed by atoms with E-state index < -0.39 is 71.2 Å². The van der Waals surface area contributed by atoms with Gasteiger partial charge in [-0.2, -0.15) is 4.72 Å². The van der Waals surface area contributed by atoms with Crippen molar-refractivity contribution in [2.24, 2.45) is 0 Å². The molecule has 0 amide bonds. The number of carbonyl (C=O) groups excluding carboxylic acids is 4. The normalized spacial score (nSPS) is 22.7. The molecule has 0 spiro atoms. The molecule has 1 fully saturated rings. The highest BCUT2D eigenvalue weighted by molar-refractivity contribution is 7.89. The number of hydrogen-bond donors (Lipinski definition) is 1. The summed E-state index contributed by atoms with van der Waals surface area (Å²) in [7, 11) is -0.775. The molecule has 13 nitrogen and oxygen atoms in total. The van der Waals surface area contributed by atoms with Gasteiger partial charge in [-0.15, -0.1) is 0 Å². The number of hydrogen-bond acceptors (Lipinski definition) is 12. The van der Waals surface area contributed by atoms with Crippen LogP contribution >= 0.6 is 0 Å². The molecule has 2 aromatic rings. The monoisotopic (exact) mass is 580 g/mol. The molecule has 1 unspecified atom stereocenters. The molecule has 0 bridgehead atoms. The summed E-state index contributed by atoms with van der Waals surface area (Å²) in [4.78, 5) is 49.3. The number of esters is 4. The van der Waals surface area contributed by atoms with Crippen molar-refractivity contribution in [3.63, 3.8) is 0 Å². The van der Waals surface area contributed by atoms with Gasteiger partial charge in [-0.25, -0.2) is 8.42 Å². The smallest absolute Gasteiger partial charge is 0.304 e. The summed E-state index contributed by atoms with van der Waals surface area (Å²) in [5.74, 6) is -3.18. The van der Waals surface area contributed by atoms with Crippen molar-refractivity contribution in [1.82, 2.24) is 4.72 Å². The van der Waals surface area contributed by atoms with E-state index in [0.717, 1.165) is 33.4 Å². The van der Waals surface area contributed by atoms with Crippen LogP contribution in [0.4, 0.5) is 5.69 Å². The van der Waals surface area contributed by atoms with Gasteiger partial charge < -0.3 is 28.6 Å². The van der Waals surface area contributed by atoms with Crippen molar-refractivity contribution in [1.29, 1.82) is 0 Å². The molecular weight excluding hydrogens is 548 g/mol. The highest BCUT2D eigenvalue weighted by Crippen LogP contribution is 2.32. The van der Waals surface area contributed by atoms with Crippen molar-refractivity contribution in [3.8, 4) is 0 Å². The number of benzene rings is 2. The van der Waals surface area contributed by atoms with Gasteiger partial charge in [-0.05, 0) is 12.1 Å². The van der Waals surface area contributed by atoms with Gasteiger partial charge >= 0.3 is 23.9 Å². The zero-order chi connectivity index (χ0) is 29.8. The third-order valence-corrected chi connectivity index (χ3v) is 7.42. The molecule has 0 aromatic heterocycles. The molecule has 2 aromatic carbocycles. The average Bonchev–Trinajstić information content (AvgIpc) is 2.84. The summed E-state index contributed by atoms with van der Waals surface area (Å²) in [6, 6.07) is 8.35. The molecule has 1 aliphatic rings. The number of ether oxygens (including phenoxy) is 5. The minimum atomic E-state index is -4.42. The van der Waals surface area contributed by atoms with Gasteiger partial charge in [0, 0.05) is 58.3 Å². The maximum absolute atomic E-state index is 13.8. The van der Waals surface area contributed by atoms with Gasteiger partial charge in [0.15, 0.2) is 12.2 Å². The van der Waals surface area contributed by atoms with E-state index in [1.807, 2.05) is 25.1 Å². The Labute approximate surface area is 231 Å². The number of sulfonamides is 1. The van der Waals surface area contributed by atoms with Crippen LogP contribution in [0.3, 0.4) is 0 Å². The van der Waals surface area contributed by atoms with E-state index in [0.29, 0.717) is 10.8 Å². The van der Waals surface area contributed by atoms with Crippen LogP contribution in [-0.2, 0) is 52.9 Å². The van der Waals surface area contributed by atoms with E-state index in [-0.39, 0.29) is 4.90 Å². The van der Waals surface area contributed by atoms with E-state index >= 15 is 0 Å². The molecule has 1 aliphatic heterocycles. The Morgan fingerprint density at radius 3 is 1.98 bits per heavy atom. The van der Waals surface area contributed by atoms with Crippen LogP contribution < -0.4 is 9.62 Å². The number of fused-ring (bicyclic) bond motifs is 1. The summed E-state index contributed by atoms with van der Waals surface area (Å²) >= 11 is 0. The van der Waals surface area contributed by atoms with E-state index in [1.165, 1.54) is 6.07 Å². The van der Waals surface area contributed by atoms with Crippen molar-refractivity contribution in [3.05, 3.63) is 36.4 Å². The Morgan fingerprint density at radius 1 is 0.825 bits per heavy atom. The first-order valence-electron chi connectivity index (χ1n) is 12.2. The van der Waals surface area contributed by atoms with Crippen LogP contribution in [-0.4, -0.2) is 83.6 Å². The lowest BCUT2D eigenvalue weighted by atomic mass is 9.97. The molecule has 0 aliphatic carbocycles. The van der Waals surface area contributed by atoms with Crippen molar-refractivity contribution in [2.45, 2.75) is 63.2 Å². The molecule has 14 heteroatoms. The average molecular weight is 581 g/mol. The Hall–Kier alpha value is -3.75. The first-order valence-corrected chi connectivity index (χ1v) is 13.7. The summed E-state index contributed by atoms with van der Waals surface area (Å²) in [5, 5.41) is 1.05. The lowest BCUT2D eigenvalue weighted by Crippen LogP contribution is -2.66. The van der Waals surface area contributed by atoms with Crippen molar-refractivity contribution < 1.29 is 51.3 Å². The number of anilines is 1. The Kier molecular flexibility index (Phi) is 9.71. The van der Waals surface area contributed by atoms with Gasteiger partial charge in [0.1, 0.15) is 18.8 Å². The van der Waals surface area contributed by atoms with Gasteiger partial charge in [-0.1, -0.05) is 24.3 Å². The zero-order valence-corrected chi connectivity index (χ0v) is 23.7. The van der Waals surface area contributed by atoms with Gasteiger partial charge in [0.05, 0.1) is 4.90 Å². The van der Waals surface area contributed by atoms with Crippen LogP contribution in [0.5, 0.6) is 0 Å². The molecule has 218 valence electrons. The number of nitrogens with zero attached hydrogens (tertiary/aromatic N) is 1. The minimum absolute atomic E-state index is 0.108. The molecule has 40 heavy (non-hydrogen) atoms. The maximum atomic E-state index is 13.8. The molecule has 1 heterocycles. The first kappa shape index (κ1) is 30.8. The van der Waals surface area contributed by atoms with Crippen LogP contribution in [0.1, 0.15) is 27.7 Å². The van der Waals surface area contributed by atoms with Crippen molar-refractivity contribution in [2.75, 3.05) is 25.6 Å². The summed E-state index contributed by atoms with van der Waals surface area (Å²) < 4.78 is 56.9. The molecule has 1 saturated heterocycles. The lowest BCUT2D eigenvalue weighted by molar-refractivity contribution is -0.269. The van der Waals surface area contributed by atoms with Crippen LogP contribution in [0.15, 0.2) is 41.3 Å². The fourth-order valence-electron chi connectivity index (χ4n) is 4.42. The molecule has 0 radical (unpaired) electrons. The van der Waals surface area contributed by atoms with Crippen molar-refractivity contribution >= 4 is 50.4 Å². The maximum Gasteiger partial charge on any atom is 0.304 e. The lowest BCUT2D eigenvalue weighted by Gasteiger charge is -2.44. The Balaban J connectivity index is 2.13. The number of carbonyl (C=O) groups is 4. The molecular formula is C26H32N2O11S. The highest BCUT2D eigenvalue weighted by atomic mass is 32.2. The van der Waals surface area contributed by atoms with Gasteiger partial charge in [-0.3, -0.25) is 19.2 Å². The second-order valence-corrected chi connectivity index (χ2v) is 11.0. The summed E-state index contributed by atoms with van der Waals surface area (Å²) in [6.07, 6.45) is -5.91. The topological polar surface area (TPSA) is 164 Å². The Bertz CT molecular complexity index is 1390. The molecule has 3 rings (SSSR count). The second kappa shape index (κ2) is 12.6. The van der Waals surface area contributed by atoms with Gasteiger partial charge in [0.25, 0.3) is 0 Å². The molecule has 1 N–H and O–H groups in total. The van der Waals surface area contributed by atoms with Gasteiger partial charge in [0.2, 0.25) is 16.3 Å². The van der Waals surface area contributed by atoms with E-state index in [1.54, 1.807) is 24.3 Å². The first-order chi connectivity index (χ1) is 18.7. The summed E-state index contributed by atoms with van der Waals surface area (Å²) in [5.41, 5.74) is 0.773. The Morgan fingerprint density at radius 2 is 1.40 bits per heavy atom. The third-order valence-electron chi connectivity index (χ3n) is 5.90. The predicted octanol–water partition coefficient (Wildman–Crippen LogP) is 1.27. The molecule has 5 atom stereocenters. The van der Waals surface area contributed by atoms with Crippen LogP contribution in [0, 0.1) is 0 Å². The quantitative estimate of drug-likeness (QED) is 0.334. The van der Waals surface area contributed by atoms with E-state index in [2.05, 4.69) is 4.72 Å². The standard InChI is InChI=1S/C26H32N2O11S/c1-14(29)35-13-21-24(36-15(2)30)25(37-16(3)31)23(26(39-21)38-17(4)32)27-40(33,34)22-12-8-9-18-19(22)10-7-11-20(18)28(5)6/h7-12,21,23-27H,13H2,1-6H3/t21-,23+,24-,25-,26?/m1/s1. The number of rotatable bonds is 9. The number of nitrogens with one attached hydrogen (secondary N) is 1. The second-order valence-electron chi connectivity index (χ2n) is 9.27. The van der Waals surface area contributed by atoms with Crippen LogP contribution in [0.2, 0.25) is 0 Å². The minimum Gasteiger partial charge on any atom is -0.463 e. The SMILES string of the molecule is CC(=O)OC[C@H]1OC(OC(C)=O)[C@@H](NS(=O)(=O)c2cccc3c(N(C)C)cccc23)[C@@H](OC(C)=O)[C@@H]1OC(C)=O. The van der Waals surface area contributed by atoms with Crippen LogP contribution in [0.25, 0.3) is 10.8 Å². The highest BCUT2D eigenvalue weighted by Gasteiger charge is 2.53. The third kappa shape index (κ3) is 7.25. The zero-order valence-electron chi connectivity index (χ0n) is 22.9. The van der Waals surface area contributed by atoms with E-state index in [9.17, 15) is 27.6 Å². The fourth-order valence-corrected chi connectivity index (χ4v) is 5.88.